The average Bonchev–Trinajstić information content (AvgIpc) is 2.46. The molecule has 20 heavy (non-hydrogen) atoms. The standard InChI is InChI=1S/C15H23NO4/c1-3-10-20-14-7-5-13(6-8-14)16-9-11-18-12-15(17)19-4-2/h5-8,16H,3-4,9-12H2,1-2H3. The number of carbonyl (C=O) groups excluding carboxylic acids is 1. The quantitative estimate of drug-likeness (QED) is 0.527. The molecule has 0 unspecified atom stereocenters. The number of nitrogens with one attached hydrogen (secondary N) is 1. The van der Waals surface area contributed by atoms with Gasteiger partial charge in [-0.05, 0) is 37.6 Å². The first-order chi connectivity index (χ1) is 9.76. The Morgan fingerprint density at radius 3 is 2.55 bits per heavy atom. The minimum Gasteiger partial charge on any atom is -0.494 e. The van der Waals surface area contributed by atoms with E-state index in [4.69, 9.17) is 14.2 Å². The predicted octanol–water partition coefficient (Wildman–Crippen LogP) is 2.47. The van der Waals surface area contributed by atoms with E-state index in [1.807, 2.05) is 24.3 Å². The highest BCUT2D eigenvalue weighted by atomic mass is 16.6. The summed E-state index contributed by atoms with van der Waals surface area (Å²) in [4.78, 5) is 11.0. The van der Waals surface area contributed by atoms with Crippen molar-refractivity contribution >= 4 is 11.7 Å². The fourth-order valence-corrected chi connectivity index (χ4v) is 1.51. The van der Waals surface area contributed by atoms with Crippen molar-refractivity contribution in [3.05, 3.63) is 24.3 Å². The van der Waals surface area contributed by atoms with Crippen molar-refractivity contribution in [2.24, 2.45) is 0 Å². The molecule has 5 nitrogen and oxygen atoms in total. The summed E-state index contributed by atoms with van der Waals surface area (Å²) in [6.07, 6.45) is 0.998. The minimum atomic E-state index is -0.329. The smallest absolute Gasteiger partial charge is 0.332 e. The van der Waals surface area contributed by atoms with E-state index in [2.05, 4.69) is 12.2 Å². The van der Waals surface area contributed by atoms with Crippen LogP contribution in [-0.4, -0.2) is 38.9 Å². The van der Waals surface area contributed by atoms with Crippen LogP contribution in [0.15, 0.2) is 24.3 Å². The molecule has 0 amide bonds. The Morgan fingerprint density at radius 2 is 1.90 bits per heavy atom. The first-order valence-corrected chi connectivity index (χ1v) is 6.96. The SMILES string of the molecule is CCCOc1ccc(NCCOCC(=O)OCC)cc1. The third-order valence-corrected chi connectivity index (χ3v) is 2.43. The first kappa shape index (κ1) is 16.3. The summed E-state index contributed by atoms with van der Waals surface area (Å²) in [5.74, 6) is 0.542. The van der Waals surface area contributed by atoms with Crippen molar-refractivity contribution in [3.63, 3.8) is 0 Å². The summed E-state index contributed by atoms with van der Waals surface area (Å²) < 4.78 is 15.4. The molecule has 0 saturated heterocycles. The summed E-state index contributed by atoms with van der Waals surface area (Å²) in [6, 6.07) is 7.77. The Kier molecular flexibility index (Phi) is 8.22. The second kappa shape index (κ2) is 10.1. The lowest BCUT2D eigenvalue weighted by Gasteiger charge is -2.09. The minimum absolute atomic E-state index is 0.000679. The van der Waals surface area contributed by atoms with Crippen LogP contribution in [-0.2, 0) is 14.3 Å². The van der Waals surface area contributed by atoms with Crippen LogP contribution < -0.4 is 10.1 Å². The lowest BCUT2D eigenvalue weighted by molar-refractivity contribution is -0.148. The van der Waals surface area contributed by atoms with E-state index in [0.29, 0.717) is 19.8 Å². The fraction of sp³-hybridized carbons (Fsp3) is 0.533. The Hall–Kier alpha value is -1.75. The molecule has 0 heterocycles. The molecule has 1 N–H and O–H groups in total. The van der Waals surface area contributed by atoms with Crippen LogP contribution in [0.2, 0.25) is 0 Å². The summed E-state index contributed by atoms with van der Waals surface area (Å²) in [7, 11) is 0. The van der Waals surface area contributed by atoms with Crippen molar-refractivity contribution in [1.29, 1.82) is 0 Å². The molecule has 1 rings (SSSR count). The topological polar surface area (TPSA) is 56.8 Å². The van der Waals surface area contributed by atoms with Crippen molar-refractivity contribution in [2.75, 3.05) is 38.3 Å². The molecule has 0 aliphatic heterocycles. The van der Waals surface area contributed by atoms with E-state index in [0.717, 1.165) is 24.5 Å². The number of rotatable bonds is 10. The zero-order valence-electron chi connectivity index (χ0n) is 12.2. The predicted molar refractivity (Wildman–Crippen MR) is 78.2 cm³/mol. The van der Waals surface area contributed by atoms with Crippen LogP contribution >= 0.6 is 0 Å². The van der Waals surface area contributed by atoms with Gasteiger partial charge in [0.05, 0.1) is 19.8 Å². The second-order valence-electron chi connectivity index (χ2n) is 4.16. The van der Waals surface area contributed by atoms with Crippen molar-refractivity contribution in [3.8, 4) is 5.75 Å². The number of hydrogen-bond acceptors (Lipinski definition) is 5. The molecule has 0 aliphatic rings. The lowest BCUT2D eigenvalue weighted by atomic mass is 10.3. The number of carbonyl (C=O) groups is 1. The monoisotopic (exact) mass is 281 g/mol. The Morgan fingerprint density at radius 1 is 1.15 bits per heavy atom. The largest absolute Gasteiger partial charge is 0.494 e. The van der Waals surface area contributed by atoms with E-state index in [1.165, 1.54) is 0 Å². The number of esters is 1. The van der Waals surface area contributed by atoms with Crippen LogP contribution in [0.25, 0.3) is 0 Å². The maximum absolute atomic E-state index is 11.0. The highest BCUT2D eigenvalue weighted by Gasteiger charge is 2.00. The molecule has 0 spiro atoms. The molecule has 0 aromatic heterocycles. The maximum Gasteiger partial charge on any atom is 0.332 e. The molecule has 0 aliphatic carbocycles. The van der Waals surface area contributed by atoms with Crippen LogP contribution in [0, 0.1) is 0 Å². The zero-order chi connectivity index (χ0) is 14.6. The van der Waals surface area contributed by atoms with E-state index in [1.54, 1.807) is 6.92 Å². The summed E-state index contributed by atoms with van der Waals surface area (Å²) in [5, 5.41) is 3.20. The summed E-state index contributed by atoms with van der Waals surface area (Å²) >= 11 is 0. The van der Waals surface area contributed by atoms with Gasteiger partial charge in [-0.1, -0.05) is 6.92 Å². The van der Waals surface area contributed by atoms with Gasteiger partial charge in [0.15, 0.2) is 0 Å². The fourth-order valence-electron chi connectivity index (χ4n) is 1.51. The van der Waals surface area contributed by atoms with Gasteiger partial charge in [0, 0.05) is 12.2 Å². The maximum atomic E-state index is 11.0. The summed E-state index contributed by atoms with van der Waals surface area (Å²) in [5.41, 5.74) is 0.994. The van der Waals surface area contributed by atoms with Gasteiger partial charge in [0.1, 0.15) is 12.4 Å². The molecule has 112 valence electrons. The second-order valence-corrected chi connectivity index (χ2v) is 4.16. The first-order valence-electron chi connectivity index (χ1n) is 6.96. The Bertz CT molecular complexity index is 378. The molecule has 0 saturated carbocycles. The molecule has 5 heteroatoms. The van der Waals surface area contributed by atoms with E-state index >= 15 is 0 Å². The lowest BCUT2D eigenvalue weighted by Crippen LogP contribution is -2.16. The number of benzene rings is 1. The van der Waals surface area contributed by atoms with Gasteiger partial charge in [-0.15, -0.1) is 0 Å². The normalized spacial score (nSPS) is 10.1. The molecule has 0 fully saturated rings. The molecule has 0 radical (unpaired) electrons. The van der Waals surface area contributed by atoms with Gasteiger partial charge in [-0.3, -0.25) is 0 Å². The molecular weight excluding hydrogens is 258 g/mol. The molecule has 1 aromatic rings. The number of hydrogen-bond donors (Lipinski definition) is 1. The number of anilines is 1. The van der Waals surface area contributed by atoms with Gasteiger partial charge in [-0.25, -0.2) is 4.79 Å². The van der Waals surface area contributed by atoms with Crippen molar-refractivity contribution in [1.82, 2.24) is 0 Å². The third-order valence-electron chi connectivity index (χ3n) is 2.43. The average molecular weight is 281 g/mol. The zero-order valence-corrected chi connectivity index (χ0v) is 12.2. The third kappa shape index (κ3) is 6.99. The van der Waals surface area contributed by atoms with E-state index in [-0.39, 0.29) is 12.6 Å². The van der Waals surface area contributed by atoms with Gasteiger partial charge >= 0.3 is 5.97 Å². The highest BCUT2D eigenvalue weighted by molar-refractivity contribution is 5.70. The van der Waals surface area contributed by atoms with Crippen LogP contribution in [0.1, 0.15) is 20.3 Å². The van der Waals surface area contributed by atoms with Crippen molar-refractivity contribution < 1.29 is 19.0 Å². The Labute approximate surface area is 120 Å². The van der Waals surface area contributed by atoms with E-state index < -0.39 is 0 Å². The van der Waals surface area contributed by atoms with Gasteiger partial charge < -0.3 is 19.5 Å². The van der Waals surface area contributed by atoms with Gasteiger partial charge in [-0.2, -0.15) is 0 Å². The highest BCUT2D eigenvalue weighted by Crippen LogP contribution is 2.15. The summed E-state index contributed by atoms with van der Waals surface area (Å²) in [6.45, 7) is 6.04. The van der Waals surface area contributed by atoms with Crippen molar-refractivity contribution in [2.45, 2.75) is 20.3 Å². The van der Waals surface area contributed by atoms with Gasteiger partial charge in [0.2, 0.25) is 0 Å². The van der Waals surface area contributed by atoms with Crippen LogP contribution in [0.3, 0.4) is 0 Å². The molecule has 0 atom stereocenters. The van der Waals surface area contributed by atoms with Crippen LogP contribution in [0.5, 0.6) is 5.75 Å². The van der Waals surface area contributed by atoms with Crippen LogP contribution in [0.4, 0.5) is 5.69 Å². The number of ether oxygens (including phenoxy) is 3. The van der Waals surface area contributed by atoms with Gasteiger partial charge in [0.25, 0.3) is 0 Å². The molecule has 0 bridgehead atoms. The molecule has 1 aromatic carbocycles. The molecular formula is C15H23NO4. The Balaban J connectivity index is 2.14. The van der Waals surface area contributed by atoms with E-state index in [9.17, 15) is 4.79 Å².